The molecule has 3 nitrogen and oxygen atoms in total. The number of carbonyl (C=O) groups is 1. The Hall–Kier alpha value is -0.900. The van der Waals surface area contributed by atoms with Crippen molar-refractivity contribution in [2.75, 3.05) is 11.9 Å². The Morgan fingerprint density at radius 1 is 1.39 bits per heavy atom. The van der Waals surface area contributed by atoms with Gasteiger partial charge >= 0.3 is 0 Å². The van der Waals surface area contributed by atoms with Gasteiger partial charge in [0, 0.05) is 24.3 Å². The lowest BCUT2D eigenvalue weighted by Crippen LogP contribution is -2.40. The van der Waals surface area contributed by atoms with Crippen LogP contribution < -0.4 is 5.32 Å². The first-order chi connectivity index (χ1) is 8.76. The summed E-state index contributed by atoms with van der Waals surface area (Å²) < 4.78 is 0. The van der Waals surface area contributed by atoms with Gasteiger partial charge in [-0.15, -0.1) is 0 Å². The van der Waals surface area contributed by atoms with Gasteiger partial charge in [-0.05, 0) is 30.4 Å². The Balaban J connectivity index is 1.92. The highest BCUT2D eigenvalue weighted by Gasteiger charge is 2.31. The van der Waals surface area contributed by atoms with E-state index in [-0.39, 0.29) is 11.3 Å². The fraction of sp³-hybridized carbons (Fsp3) is 0.571. The number of alkyl halides is 1. The van der Waals surface area contributed by atoms with E-state index in [2.05, 4.69) is 26.2 Å². The Bertz CT molecular complexity index is 388. The molecule has 0 radical (unpaired) electrons. The van der Waals surface area contributed by atoms with Crippen LogP contribution in [-0.4, -0.2) is 22.8 Å². The molecule has 0 unspecified atom stereocenters. The third-order valence-electron chi connectivity index (χ3n) is 3.75. The number of aromatic nitrogens is 1. The summed E-state index contributed by atoms with van der Waals surface area (Å²) >= 11 is 3.61. The average Bonchev–Trinajstić information content (AvgIpc) is 2.47. The maximum absolute atomic E-state index is 12.0. The van der Waals surface area contributed by atoms with Crippen molar-refractivity contribution in [3.63, 3.8) is 0 Å². The van der Waals surface area contributed by atoms with E-state index in [1.54, 1.807) is 24.5 Å². The smallest absolute Gasteiger partial charge is 0.252 e. The van der Waals surface area contributed by atoms with Crippen LogP contribution in [0.4, 0.5) is 0 Å². The molecule has 1 aromatic heterocycles. The first kappa shape index (κ1) is 13.5. The Morgan fingerprint density at radius 2 is 2.17 bits per heavy atom. The molecular weight excluding hydrogens is 292 g/mol. The van der Waals surface area contributed by atoms with E-state index in [0.29, 0.717) is 5.56 Å². The molecule has 1 amide bonds. The zero-order valence-corrected chi connectivity index (χ0v) is 12.1. The first-order valence-corrected chi connectivity index (χ1v) is 7.62. The van der Waals surface area contributed by atoms with Gasteiger partial charge in [-0.25, -0.2) is 0 Å². The van der Waals surface area contributed by atoms with E-state index < -0.39 is 0 Å². The molecule has 1 N–H and O–H groups in total. The highest BCUT2D eigenvalue weighted by atomic mass is 79.9. The third-order valence-corrected chi connectivity index (χ3v) is 4.93. The molecule has 1 fully saturated rings. The Morgan fingerprint density at radius 3 is 2.78 bits per heavy atom. The van der Waals surface area contributed by atoms with Crippen molar-refractivity contribution < 1.29 is 4.79 Å². The highest BCUT2D eigenvalue weighted by molar-refractivity contribution is 9.09. The van der Waals surface area contributed by atoms with E-state index in [1.807, 2.05) is 0 Å². The monoisotopic (exact) mass is 310 g/mol. The molecule has 0 saturated heterocycles. The van der Waals surface area contributed by atoms with Gasteiger partial charge in [0.1, 0.15) is 0 Å². The quantitative estimate of drug-likeness (QED) is 0.868. The Labute approximate surface area is 117 Å². The number of halogens is 1. The summed E-state index contributed by atoms with van der Waals surface area (Å²) in [7, 11) is 0. The van der Waals surface area contributed by atoms with Gasteiger partial charge in [-0.2, -0.15) is 0 Å². The lowest BCUT2D eigenvalue weighted by Gasteiger charge is -2.35. The molecule has 1 aliphatic carbocycles. The minimum Gasteiger partial charge on any atom is -0.351 e. The maximum Gasteiger partial charge on any atom is 0.252 e. The molecule has 0 atom stereocenters. The van der Waals surface area contributed by atoms with E-state index in [9.17, 15) is 4.79 Å². The minimum atomic E-state index is -0.0194. The summed E-state index contributed by atoms with van der Waals surface area (Å²) in [6.07, 6.45) is 9.56. The first-order valence-electron chi connectivity index (χ1n) is 6.50. The van der Waals surface area contributed by atoms with Crippen molar-refractivity contribution >= 4 is 21.8 Å². The van der Waals surface area contributed by atoms with Crippen LogP contribution in [0.1, 0.15) is 42.5 Å². The number of pyridine rings is 1. The number of hydrogen-bond acceptors (Lipinski definition) is 2. The number of nitrogens with one attached hydrogen (secondary N) is 1. The van der Waals surface area contributed by atoms with E-state index in [1.165, 1.54) is 32.1 Å². The zero-order chi connectivity index (χ0) is 12.8. The number of amides is 1. The molecule has 0 aliphatic heterocycles. The fourth-order valence-electron chi connectivity index (χ4n) is 2.53. The number of nitrogens with zero attached hydrogens (tertiary/aromatic N) is 1. The molecule has 1 saturated carbocycles. The fourth-order valence-corrected chi connectivity index (χ4v) is 3.29. The van der Waals surface area contributed by atoms with Crippen molar-refractivity contribution in [2.24, 2.45) is 5.41 Å². The predicted octanol–water partition coefficient (Wildman–Crippen LogP) is 3.16. The highest BCUT2D eigenvalue weighted by Crippen LogP contribution is 2.37. The van der Waals surface area contributed by atoms with Gasteiger partial charge in [0.2, 0.25) is 0 Å². The molecule has 1 aliphatic rings. The summed E-state index contributed by atoms with van der Waals surface area (Å²) in [4.78, 5) is 15.9. The normalized spacial score (nSPS) is 18.3. The molecule has 0 spiro atoms. The molecule has 18 heavy (non-hydrogen) atoms. The second-order valence-corrected chi connectivity index (χ2v) is 5.68. The summed E-state index contributed by atoms with van der Waals surface area (Å²) in [5.74, 6) is -0.0194. The predicted molar refractivity (Wildman–Crippen MR) is 75.9 cm³/mol. The van der Waals surface area contributed by atoms with Crippen LogP contribution in [0.3, 0.4) is 0 Å². The second kappa shape index (κ2) is 6.32. The molecule has 1 aromatic rings. The SMILES string of the molecule is O=C(NCC1(CBr)CCCCC1)c1cccnc1. The minimum absolute atomic E-state index is 0.0194. The second-order valence-electron chi connectivity index (χ2n) is 5.12. The number of hydrogen-bond donors (Lipinski definition) is 1. The van der Waals surface area contributed by atoms with Crippen LogP contribution in [-0.2, 0) is 0 Å². The van der Waals surface area contributed by atoms with E-state index in [4.69, 9.17) is 0 Å². The summed E-state index contributed by atoms with van der Waals surface area (Å²) in [5.41, 5.74) is 0.883. The van der Waals surface area contributed by atoms with Crippen molar-refractivity contribution in [1.82, 2.24) is 10.3 Å². The molecule has 4 heteroatoms. The molecular formula is C14H19BrN2O. The van der Waals surface area contributed by atoms with Crippen molar-refractivity contribution in [3.05, 3.63) is 30.1 Å². The van der Waals surface area contributed by atoms with Gasteiger partial charge in [0.15, 0.2) is 0 Å². The molecule has 1 heterocycles. The van der Waals surface area contributed by atoms with E-state index >= 15 is 0 Å². The third kappa shape index (κ3) is 3.31. The van der Waals surface area contributed by atoms with Crippen LogP contribution in [0.25, 0.3) is 0 Å². The van der Waals surface area contributed by atoms with E-state index in [0.717, 1.165) is 11.9 Å². The Kier molecular flexibility index (Phi) is 4.75. The molecule has 98 valence electrons. The number of carbonyl (C=O) groups excluding carboxylic acids is 1. The van der Waals surface area contributed by atoms with Crippen LogP contribution >= 0.6 is 15.9 Å². The topological polar surface area (TPSA) is 42.0 Å². The van der Waals surface area contributed by atoms with Crippen LogP contribution in [0, 0.1) is 5.41 Å². The van der Waals surface area contributed by atoms with Gasteiger partial charge in [0.25, 0.3) is 5.91 Å². The van der Waals surface area contributed by atoms with Crippen LogP contribution in [0.15, 0.2) is 24.5 Å². The molecule has 2 rings (SSSR count). The summed E-state index contributed by atoms with van der Waals surface area (Å²) in [6, 6.07) is 3.58. The van der Waals surface area contributed by atoms with Gasteiger partial charge < -0.3 is 5.32 Å². The largest absolute Gasteiger partial charge is 0.351 e. The van der Waals surface area contributed by atoms with Gasteiger partial charge in [-0.1, -0.05) is 35.2 Å². The lowest BCUT2D eigenvalue weighted by molar-refractivity contribution is 0.0921. The lowest BCUT2D eigenvalue weighted by atomic mass is 9.75. The number of rotatable bonds is 4. The zero-order valence-electron chi connectivity index (χ0n) is 10.5. The summed E-state index contributed by atoms with van der Waals surface area (Å²) in [6.45, 7) is 0.756. The van der Waals surface area contributed by atoms with Crippen molar-refractivity contribution in [1.29, 1.82) is 0 Å². The molecule has 0 bridgehead atoms. The van der Waals surface area contributed by atoms with Crippen molar-refractivity contribution in [2.45, 2.75) is 32.1 Å². The van der Waals surface area contributed by atoms with Crippen LogP contribution in [0.2, 0.25) is 0 Å². The van der Waals surface area contributed by atoms with Gasteiger partial charge in [0.05, 0.1) is 5.56 Å². The maximum atomic E-state index is 12.0. The van der Waals surface area contributed by atoms with Crippen molar-refractivity contribution in [3.8, 4) is 0 Å². The summed E-state index contributed by atoms with van der Waals surface area (Å²) in [5, 5.41) is 4.02. The average molecular weight is 311 g/mol. The van der Waals surface area contributed by atoms with Crippen LogP contribution in [0.5, 0.6) is 0 Å². The molecule has 0 aromatic carbocycles. The van der Waals surface area contributed by atoms with Gasteiger partial charge in [-0.3, -0.25) is 9.78 Å². The standard InChI is InChI=1S/C14H19BrN2O/c15-10-14(6-2-1-3-7-14)11-17-13(18)12-5-4-8-16-9-12/h4-5,8-9H,1-3,6-7,10-11H2,(H,17,18).